The van der Waals surface area contributed by atoms with Crippen molar-refractivity contribution < 1.29 is 18.7 Å². The van der Waals surface area contributed by atoms with Crippen LogP contribution in [0.3, 0.4) is 0 Å². The molecule has 0 aliphatic carbocycles. The second kappa shape index (κ2) is 8.34. The third-order valence-electron chi connectivity index (χ3n) is 5.70. The lowest BCUT2D eigenvalue weighted by Crippen LogP contribution is -2.50. The van der Waals surface area contributed by atoms with Gasteiger partial charge in [0.1, 0.15) is 28.8 Å². The van der Waals surface area contributed by atoms with Crippen LogP contribution in [0.1, 0.15) is 15.9 Å². The molecule has 0 bridgehead atoms. The number of piperazine rings is 1. The van der Waals surface area contributed by atoms with E-state index in [1.54, 1.807) is 12.0 Å². The standard InChI is InChI=1S/C25H22FN3O3/c1-31-19-10-11-22-20(16-19)24(27-21-4-2-3-5-23(21)32-22)28-12-14-29(15-13-28)25(30)17-6-8-18(26)9-7-17/h2-11,16H,12-15H2,1H3. The number of fused-ring (bicyclic) bond motifs is 2. The highest BCUT2D eigenvalue weighted by atomic mass is 19.1. The average molecular weight is 431 g/mol. The van der Waals surface area contributed by atoms with Gasteiger partial charge in [-0.3, -0.25) is 4.79 Å². The number of methoxy groups -OCH3 is 1. The topological polar surface area (TPSA) is 54.4 Å². The first kappa shape index (κ1) is 20.1. The molecule has 7 heteroatoms. The maximum atomic E-state index is 13.2. The fourth-order valence-electron chi connectivity index (χ4n) is 3.97. The zero-order valence-corrected chi connectivity index (χ0v) is 17.6. The Balaban J connectivity index is 1.42. The molecule has 1 fully saturated rings. The van der Waals surface area contributed by atoms with E-state index in [9.17, 15) is 9.18 Å². The third-order valence-corrected chi connectivity index (χ3v) is 5.70. The van der Waals surface area contributed by atoms with E-state index < -0.39 is 0 Å². The molecule has 0 spiro atoms. The molecule has 162 valence electrons. The van der Waals surface area contributed by atoms with E-state index in [0.29, 0.717) is 43.2 Å². The minimum Gasteiger partial charge on any atom is -0.497 e. The summed E-state index contributed by atoms with van der Waals surface area (Å²) in [7, 11) is 1.63. The van der Waals surface area contributed by atoms with Gasteiger partial charge in [0.25, 0.3) is 5.91 Å². The molecule has 6 nitrogen and oxygen atoms in total. The van der Waals surface area contributed by atoms with Gasteiger partial charge in [-0.2, -0.15) is 0 Å². The molecule has 0 atom stereocenters. The summed E-state index contributed by atoms with van der Waals surface area (Å²) in [6.07, 6.45) is 0. The first-order valence-corrected chi connectivity index (χ1v) is 10.5. The van der Waals surface area contributed by atoms with Crippen LogP contribution in [0.15, 0.2) is 71.7 Å². The summed E-state index contributed by atoms with van der Waals surface area (Å²) in [5.74, 6) is 2.46. The number of amides is 1. The Labute approximate surface area is 185 Å². The van der Waals surface area contributed by atoms with Crippen LogP contribution >= 0.6 is 0 Å². The number of carbonyl (C=O) groups is 1. The summed E-state index contributed by atoms with van der Waals surface area (Å²) < 4.78 is 24.8. The van der Waals surface area contributed by atoms with Crippen molar-refractivity contribution in [1.82, 2.24) is 9.80 Å². The Morgan fingerprint density at radius 1 is 0.969 bits per heavy atom. The summed E-state index contributed by atoms with van der Waals surface area (Å²) in [5, 5.41) is 0. The number of hydrogen-bond acceptors (Lipinski definition) is 5. The van der Waals surface area contributed by atoms with E-state index >= 15 is 0 Å². The Morgan fingerprint density at radius 2 is 1.72 bits per heavy atom. The van der Waals surface area contributed by atoms with Crippen LogP contribution in [-0.2, 0) is 0 Å². The molecule has 32 heavy (non-hydrogen) atoms. The number of carbonyl (C=O) groups excluding carboxylic acids is 1. The van der Waals surface area contributed by atoms with E-state index in [4.69, 9.17) is 14.5 Å². The highest BCUT2D eigenvalue weighted by molar-refractivity contribution is 6.04. The van der Waals surface area contributed by atoms with Gasteiger partial charge in [0.2, 0.25) is 0 Å². The van der Waals surface area contributed by atoms with Gasteiger partial charge in [-0.1, -0.05) is 12.1 Å². The molecular weight excluding hydrogens is 409 g/mol. The summed E-state index contributed by atoms with van der Waals surface area (Å²) in [4.78, 5) is 21.7. The van der Waals surface area contributed by atoms with Crippen molar-refractivity contribution in [1.29, 1.82) is 0 Å². The van der Waals surface area contributed by atoms with Crippen LogP contribution in [0.25, 0.3) is 0 Å². The van der Waals surface area contributed by atoms with Crippen molar-refractivity contribution in [3.63, 3.8) is 0 Å². The molecule has 2 aliphatic rings. The molecule has 0 aromatic heterocycles. The van der Waals surface area contributed by atoms with Crippen LogP contribution in [-0.4, -0.2) is 54.8 Å². The Bertz CT molecular complexity index is 1190. The van der Waals surface area contributed by atoms with E-state index in [0.717, 1.165) is 22.8 Å². The fraction of sp³-hybridized carbons (Fsp3) is 0.200. The number of para-hydroxylation sites is 2. The summed E-state index contributed by atoms with van der Waals surface area (Å²) in [5.41, 5.74) is 2.09. The Kier molecular flexibility index (Phi) is 5.23. The number of nitrogens with zero attached hydrogens (tertiary/aromatic N) is 3. The number of ether oxygens (including phenoxy) is 2. The van der Waals surface area contributed by atoms with Crippen LogP contribution in [0.4, 0.5) is 10.1 Å². The van der Waals surface area contributed by atoms with Gasteiger partial charge in [-0.05, 0) is 54.6 Å². The predicted octanol–water partition coefficient (Wildman–Crippen LogP) is 4.48. The minimum absolute atomic E-state index is 0.0943. The van der Waals surface area contributed by atoms with Crippen molar-refractivity contribution in [2.75, 3.05) is 33.3 Å². The van der Waals surface area contributed by atoms with Crippen molar-refractivity contribution in [2.24, 2.45) is 4.99 Å². The maximum Gasteiger partial charge on any atom is 0.253 e. The summed E-state index contributed by atoms with van der Waals surface area (Å²) in [6.45, 7) is 2.31. The van der Waals surface area contributed by atoms with Gasteiger partial charge < -0.3 is 19.3 Å². The van der Waals surface area contributed by atoms with Gasteiger partial charge in [0.05, 0.1) is 12.7 Å². The van der Waals surface area contributed by atoms with Crippen LogP contribution in [0.2, 0.25) is 0 Å². The smallest absolute Gasteiger partial charge is 0.253 e. The SMILES string of the molecule is COc1ccc2c(c1)C(N1CCN(C(=O)c3ccc(F)cc3)CC1)=Nc1ccccc1O2. The molecule has 1 saturated heterocycles. The zero-order valence-electron chi connectivity index (χ0n) is 17.6. The number of benzene rings is 3. The van der Waals surface area contributed by atoms with E-state index in [1.807, 2.05) is 42.5 Å². The zero-order chi connectivity index (χ0) is 22.1. The van der Waals surface area contributed by atoms with Crippen molar-refractivity contribution in [3.05, 3.63) is 83.7 Å². The van der Waals surface area contributed by atoms with Gasteiger partial charge in [-0.15, -0.1) is 0 Å². The maximum absolute atomic E-state index is 13.2. The predicted molar refractivity (Wildman–Crippen MR) is 120 cm³/mol. The third kappa shape index (κ3) is 3.77. The monoisotopic (exact) mass is 431 g/mol. The van der Waals surface area contributed by atoms with Crippen LogP contribution in [0, 0.1) is 5.82 Å². The molecule has 3 aromatic rings. The van der Waals surface area contributed by atoms with Crippen molar-refractivity contribution >= 4 is 17.4 Å². The lowest BCUT2D eigenvalue weighted by molar-refractivity contribution is 0.0692. The molecule has 0 radical (unpaired) electrons. The molecule has 2 aliphatic heterocycles. The average Bonchev–Trinajstić information content (AvgIpc) is 3.00. The van der Waals surface area contributed by atoms with Gasteiger partial charge in [0, 0.05) is 31.7 Å². The fourth-order valence-corrected chi connectivity index (χ4v) is 3.97. The largest absolute Gasteiger partial charge is 0.497 e. The number of aliphatic imine (C=N–C) groups is 1. The van der Waals surface area contributed by atoms with Crippen molar-refractivity contribution in [3.8, 4) is 17.2 Å². The van der Waals surface area contributed by atoms with E-state index in [-0.39, 0.29) is 11.7 Å². The Hall–Kier alpha value is -3.87. The minimum atomic E-state index is -0.352. The highest BCUT2D eigenvalue weighted by Crippen LogP contribution is 2.39. The quantitative estimate of drug-likeness (QED) is 0.601. The van der Waals surface area contributed by atoms with Crippen molar-refractivity contribution in [2.45, 2.75) is 0 Å². The number of halogens is 1. The second-order valence-electron chi connectivity index (χ2n) is 7.65. The number of amidine groups is 1. The summed E-state index contributed by atoms with van der Waals surface area (Å²) >= 11 is 0. The van der Waals surface area contributed by atoms with Gasteiger partial charge in [-0.25, -0.2) is 9.38 Å². The molecular formula is C25H22FN3O3. The first-order chi connectivity index (χ1) is 15.6. The lowest BCUT2D eigenvalue weighted by atomic mass is 10.1. The number of hydrogen-bond donors (Lipinski definition) is 0. The summed E-state index contributed by atoms with van der Waals surface area (Å²) in [6, 6.07) is 19.0. The van der Waals surface area contributed by atoms with E-state index in [2.05, 4.69) is 4.90 Å². The van der Waals surface area contributed by atoms with Gasteiger partial charge in [0.15, 0.2) is 5.75 Å². The molecule has 5 rings (SSSR count). The Morgan fingerprint density at radius 3 is 2.47 bits per heavy atom. The van der Waals surface area contributed by atoms with Crippen LogP contribution < -0.4 is 9.47 Å². The molecule has 0 N–H and O–H groups in total. The van der Waals surface area contributed by atoms with Crippen LogP contribution in [0.5, 0.6) is 17.2 Å². The first-order valence-electron chi connectivity index (χ1n) is 10.5. The molecule has 3 aromatic carbocycles. The molecule has 2 heterocycles. The highest BCUT2D eigenvalue weighted by Gasteiger charge is 2.28. The molecule has 0 saturated carbocycles. The normalized spacial score (nSPS) is 15.1. The number of rotatable bonds is 2. The molecule has 0 unspecified atom stereocenters. The molecule has 1 amide bonds. The van der Waals surface area contributed by atoms with Gasteiger partial charge >= 0.3 is 0 Å². The lowest BCUT2D eigenvalue weighted by Gasteiger charge is -2.36. The second-order valence-corrected chi connectivity index (χ2v) is 7.65. The van der Waals surface area contributed by atoms with E-state index in [1.165, 1.54) is 24.3 Å².